The highest BCUT2D eigenvalue weighted by atomic mass is 31.3. The maximum absolute atomic E-state index is 12.0. The molecule has 0 spiro atoms. The van der Waals surface area contributed by atoms with Crippen molar-refractivity contribution < 1.29 is 66.1 Å². The van der Waals surface area contributed by atoms with Crippen molar-refractivity contribution in [1.82, 2.24) is 19.5 Å². The Morgan fingerprint density at radius 2 is 1.65 bits per heavy atom. The van der Waals surface area contributed by atoms with Gasteiger partial charge in [0.25, 0.3) is 0 Å². The lowest BCUT2D eigenvalue weighted by Gasteiger charge is -2.20. The molecule has 0 saturated carbocycles. The van der Waals surface area contributed by atoms with Crippen LogP contribution in [0.5, 0.6) is 0 Å². The number of phosphoric acid groups is 3. The van der Waals surface area contributed by atoms with E-state index in [4.69, 9.17) is 15.6 Å². The van der Waals surface area contributed by atoms with Gasteiger partial charge in [0.15, 0.2) is 17.7 Å². The highest BCUT2D eigenvalue weighted by Crippen LogP contribution is 2.67. The Morgan fingerprint density at radius 1 is 1.00 bits per heavy atom. The number of rotatable bonds is 11. The number of imidazole rings is 1. The van der Waals surface area contributed by atoms with Gasteiger partial charge in [0.05, 0.1) is 26.1 Å². The van der Waals surface area contributed by atoms with Gasteiger partial charge >= 0.3 is 23.5 Å². The Labute approximate surface area is 189 Å². The van der Waals surface area contributed by atoms with Crippen molar-refractivity contribution in [2.24, 2.45) is 0 Å². The van der Waals surface area contributed by atoms with Crippen LogP contribution in [0, 0.1) is 0 Å². The van der Waals surface area contributed by atoms with Crippen molar-refractivity contribution in [3.8, 4) is 0 Å². The minimum absolute atomic E-state index is 0.0416. The van der Waals surface area contributed by atoms with Crippen LogP contribution in [0.25, 0.3) is 11.2 Å². The Hall–Kier alpha value is -1.40. The second kappa shape index (κ2) is 10.3. The fourth-order valence-corrected chi connectivity index (χ4v) is 6.30. The van der Waals surface area contributed by atoms with E-state index in [1.807, 2.05) is 0 Å². The van der Waals surface area contributed by atoms with Gasteiger partial charge in [0, 0.05) is 0 Å². The summed E-state index contributed by atoms with van der Waals surface area (Å²) in [7, 11) is -16.4. The third-order valence-electron chi connectivity index (χ3n) is 4.16. The number of aliphatic hydroxyl groups is 3. The average molecular weight is 551 g/mol. The van der Waals surface area contributed by atoms with Crippen LogP contribution < -0.4 is 5.73 Å². The van der Waals surface area contributed by atoms with Gasteiger partial charge < -0.3 is 40.5 Å². The third kappa shape index (κ3) is 6.42. The van der Waals surface area contributed by atoms with Gasteiger partial charge in [-0.2, -0.15) is 8.62 Å². The molecule has 8 N–H and O–H groups in total. The van der Waals surface area contributed by atoms with Crippen molar-refractivity contribution in [2.45, 2.75) is 24.5 Å². The summed E-state index contributed by atoms with van der Waals surface area (Å²) < 4.78 is 58.1. The molecule has 1 fully saturated rings. The molecule has 19 nitrogen and oxygen atoms in total. The lowest BCUT2D eigenvalue weighted by molar-refractivity contribution is -0.0503. The summed E-state index contributed by atoms with van der Waals surface area (Å²) in [6.45, 7) is -2.45. The fourth-order valence-electron chi connectivity index (χ4n) is 2.80. The predicted octanol–water partition coefficient (Wildman–Crippen LogP) is -1.61. The number of nitrogens with zero attached hydrogens (tertiary/aromatic N) is 4. The quantitative estimate of drug-likeness (QED) is 0.154. The Morgan fingerprint density at radius 3 is 2.29 bits per heavy atom. The number of nitrogens with two attached hydrogens (primary N) is 1. The second-order valence-corrected chi connectivity index (χ2v) is 11.2. The topological polar surface area (TPSA) is 288 Å². The number of aliphatic hydroxyl groups excluding tert-OH is 3. The fraction of sp³-hybridized carbons (Fsp3) is 0.583. The Balaban J connectivity index is 1.64. The lowest BCUT2D eigenvalue weighted by Crippen LogP contribution is -2.33. The first-order chi connectivity index (χ1) is 15.8. The highest BCUT2D eigenvalue weighted by Gasteiger charge is 2.47. The number of ether oxygens (including phenoxy) is 1. The zero-order chi connectivity index (χ0) is 25.3. The molecular formula is C12H20N5O14P3. The van der Waals surface area contributed by atoms with Crippen LogP contribution in [0.2, 0.25) is 0 Å². The van der Waals surface area contributed by atoms with Crippen molar-refractivity contribution in [1.29, 1.82) is 0 Å². The number of anilines is 1. The summed E-state index contributed by atoms with van der Waals surface area (Å²) >= 11 is 0. The first-order valence-corrected chi connectivity index (χ1v) is 13.5. The second-order valence-electron chi connectivity index (χ2n) is 6.55. The van der Waals surface area contributed by atoms with E-state index in [0.717, 1.165) is 6.33 Å². The molecule has 0 bridgehead atoms. The normalized spacial score (nSPS) is 28.4. The predicted molar refractivity (Wildman–Crippen MR) is 106 cm³/mol. The van der Waals surface area contributed by atoms with Crippen LogP contribution in [-0.4, -0.2) is 87.7 Å². The van der Waals surface area contributed by atoms with E-state index in [9.17, 15) is 38.6 Å². The van der Waals surface area contributed by atoms with Crippen LogP contribution in [-0.2, 0) is 36.1 Å². The molecule has 1 aliphatic rings. The van der Waals surface area contributed by atoms with Crippen LogP contribution in [0.15, 0.2) is 12.7 Å². The average Bonchev–Trinajstić information content (AvgIpc) is 3.26. The lowest BCUT2D eigenvalue weighted by atomic mass is 10.1. The highest BCUT2D eigenvalue weighted by molar-refractivity contribution is 7.66. The standard InChI is InChI=1S/C12H20N5O14P3/c13-10-7-11(15-4-14-10)17(5-16-7)12-9(20)8(19)6(29-12)3-28-33(23,24)31-34(25,26)30-32(21,22)27-2-1-18/h4-6,8-9,12,18-20H,1-3H2,(H,21,22)(H,23,24)(H,25,26)(H2,13,14,15)/t6-,8-,9-,12-/m1/s1. The zero-order valence-corrected chi connectivity index (χ0v) is 19.4. The minimum Gasteiger partial charge on any atom is -0.394 e. The summed E-state index contributed by atoms with van der Waals surface area (Å²) in [5, 5.41) is 29.1. The molecule has 3 rings (SSSR count). The molecule has 3 unspecified atom stereocenters. The summed E-state index contributed by atoms with van der Waals surface area (Å²) in [6, 6.07) is 0. The molecule has 22 heteroatoms. The maximum Gasteiger partial charge on any atom is 0.490 e. The molecule has 3 heterocycles. The van der Waals surface area contributed by atoms with Gasteiger partial charge in [0.2, 0.25) is 0 Å². The summed E-state index contributed by atoms with van der Waals surface area (Å²) in [4.78, 5) is 40.0. The number of phosphoric ester groups is 2. The molecule has 1 aliphatic heterocycles. The monoisotopic (exact) mass is 551 g/mol. The van der Waals surface area contributed by atoms with E-state index in [-0.39, 0.29) is 17.0 Å². The largest absolute Gasteiger partial charge is 0.490 e. The molecule has 0 aliphatic carbocycles. The first-order valence-electron chi connectivity index (χ1n) is 9.01. The molecule has 1 saturated heterocycles. The molecule has 7 atom stereocenters. The van der Waals surface area contributed by atoms with Crippen LogP contribution in [0.3, 0.4) is 0 Å². The molecule has 2 aromatic heterocycles. The number of aromatic nitrogens is 4. The number of nitrogen functional groups attached to an aromatic ring is 1. The van der Waals surface area contributed by atoms with E-state index < -0.39 is 67.8 Å². The number of hydrogen-bond acceptors (Lipinski definition) is 15. The van der Waals surface area contributed by atoms with Crippen molar-refractivity contribution in [2.75, 3.05) is 25.6 Å². The van der Waals surface area contributed by atoms with Gasteiger partial charge in [-0.1, -0.05) is 0 Å². The summed E-state index contributed by atoms with van der Waals surface area (Å²) in [5.41, 5.74) is 6.02. The van der Waals surface area contributed by atoms with E-state index in [0.29, 0.717) is 0 Å². The van der Waals surface area contributed by atoms with Gasteiger partial charge in [-0.3, -0.25) is 13.6 Å². The molecule has 0 aromatic carbocycles. The molecule has 0 radical (unpaired) electrons. The molecule has 0 amide bonds. The molecular weight excluding hydrogens is 531 g/mol. The van der Waals surface area contributed by atoms with Gasteiger partial charge in [0.1, 0.15) is 30.2 Å². The Kier molecular flexibility index (Phi) is 8.24. The summed E-state index contributed by atoms with van der Waals surface area (Å²) in [5.74, 6) is 0.0416. The molecule has 2 aromatic rings. The van der Waals surface area contributed by atoms with Crippen molar-refractivity contribution in [3.05, 3.63) is 12.7 Å². The van der Waals surface area contributed by atoms with E-state index in [1.54, 1.807) is 0 Å². The van der Waals surface area contributed by atoms with Gasteiger partial charge in [-0.05, 0) is 0 Å². The van der Waals surface area contributed by atoms with E-state index >= 15 is 0 Å². The van der Waals surface area contributed by atoms with Crippen molar-refractivity contribution >= 4 is 40.4 Å². The zero-order valence-electron chi connectivity index (χ0n) is 16.7. The molecule has 34 heavy (non-hydrogen) atoms. The van der Waals surface area contributed by atoms with E-state index in [2.05, 4.69) is 32.6 Å². The Bertz CT molecular complexity index is 1160. The van der Waals surface area contributed by atoms with Gasteiger partial charge in [-0.25, -0.2) is 28.6 Å². The smallest absolute Gasteiger partial charge is 0.394 e. The maximum atomic E-state index is 12.0. The van der Waals surface area contributed by atoms with Gasteiger partial charge in [-0.15, -0.1) is 0 Å². The first kappa shape index (κ1) is 27.2. The van der Waals surface area contributed by atoms with E-state index in [1.165, 1.54) is 10.9 Å². The summed E-state index contributed by atoms with van der Waals surface area (Å²) in [6.07, 6.45) is -3.70. The third-order valence-corrected chi connectivity index (χ3v) is 8.44. The van der Waals surface area contributed by atoms with Crippen LogP contribution in [0.1, 0.15) is 6.23 Å². The minimum atomic E-state index is -5.70. The SMILES string of the molecule is Nc1ncnc2c1ncn2[C@@H]1O[C@H](COP(=O)(O)OP(=O)(O)OP(=O)(O)OCCO)[C@@H](O)[C@H]1O. The van der Waals surface area contributed by atoms with Crippen LogP contribution in [0.4, 0.5) is 5.82 Å². The number of hydrogen-bond donors (Lipinski definition) is 7. The number of fused-ring (bicyclic) bond motifs is 1. The van der Waals surface area contributed by atoms with Crippen LogP contribution >= 0.6 is 23.5 Å². The van der Waals surface area contributed by atoms with Crippen molar-refractivity contribution in [3.63, 3.8) is 0 Å². The molecule has 192 valence electrons.